The van der Waals surface area contributed by atoms with Crippen LogP contribution in [-0.2, 0) is 6.54 Å². The number of likely N-dealkylation sites (tertiary alicyclic amines) is 1. The average molecular weight is 299 g/mol. The van der Waals surface area contributed by atoms with Gasteiger partial charge in [0, 0.05) is 17.0 Å². The van der Waals surface area contributed by atoms with E-state index in [0.29, 0.717) is 0 Å². The number of piperidine rings is 1. The van der Waals surface area contributed by atoms with Crippen LogP contribution in [0.2, 0.25) is 0 Å². The Bertz CT molecular complexity index is 760. The molecule has 0 radical (unpaired) electrons. The van der Waals surface area contributed by atoms with Gasteiger partial charge >= 0.3 is 0 Å². The van der Waals surface area contributed by atoms with Crippen LogP contribution in [0.5, 0.6) is 0 Å². The van der Waals surface area contributed by atoms with Crippen LogP contribution in [0, 0.1) is 26.7 Å². The van der Waals surface area contributed by atoms with Crippen molar-refractivity contribution in [2.75, 3.05) is 13.1 Å². The maximum atomic E-state index is 13.0. The summed E-state index contributed by atoms with van der Waals surface area (Å²) in [6.45, 7) is 11.7. The van der Waals surface area contributed by atoms with E-state index in [1.807, 2.05) is 13.0 Å². The van der Waals surface area contributed by atoms with Gasteiger partial charge in [-0.05, 0) is 50.8 Å². The van der Waals surface area contributed by atoms with Crippen LogP contribution in [0.25, 0.3) is 10.9 Å². The van der Waals surface area contributed by atoms with Crippen LogP contribution in [0.15, 0.2) is 16.9 Å². The Morgan fingerprint density at radius 3 is 2.77 bits per heavy atom. The van der Waals surface area contributed by atoms with Gasteiger partial charge in [-0.15, -0.1) is 0 Å². The molecule has 1 saturated heterocycles. The first-order chi connectivity index (χ1) is 10.5. The van der Waals surface area contributed by atoms with E-state index < -0.39 is 0 Å². The van der Waals surface area contributed by atoms with E-state index in [9.17, 15) is 4.79 Å². The van der Waals surface area contributed by atoms with E-state index in [0.717, 1.165) is 45.7 Å². The van der Waals surface area contributed by atoms with Gasteiger partial charge in [-0.3, -0.25) is 4.79 Å². The van der Waals surface area contributed by atoms with Crippen molar-refractivity contribution in [3.63, 3.8) is 0 Å². The predicted molar refractivity (Wildman–Crippen MR) is 91.6 cm³/mol. The molecule has 1 aromatic carbocycles. The minimum atomic E-state index is 0.226. The fourth-order valence-corrected chi connectivity index (χ4v) is 3.93. The summed E-state index contributed by atoms with van der Waals surface area (Å²) in [6.07, 6.45) is 2.61. The number of nitrogens with one attached hydrogen (secondary N) is 2. The fraction of sp³-hybridized carbons (Fsp3) is 0.526. The molecule has 1 aliphatic heterocycles. The van der Waals surface area contributed by atoms with Crippen LogP contribution < -0.4 is 10.3 Å². The van der Waals surface area contributed by atoms with Gasteiger partial charge in [-0.2, -0.15) is 0 Å². The molecule has 2 unspecified atom stereocenters. The number of H-pyrrole nitrogens is 1. The molecule has 0 aliphatic carbocycles. The summed E-state index contributed by atoms with van der Waals surface area (Å²) in [7, 11) is 0. The first kappa shape index (κ1) is 15.3. The molecule has 2 N–H and O–H groups in total. The smallest absolute Gasteiger partial charge is 0.198 e. The number of fused-ring (bicyclic) bond motifs is 1. The summed E-state index contributed by atoms with van der Waals surface area (Å²) < 4.78 is 0. The predicted octanol–water partition coefficient (Wildman–Crippen LogP) is 2.27. The van der Waals surface area contributed by atoms with Crippen molar-refractivity contribution in [1.29, 1.82) is 0 Å². The number of benzene rings is 1. The van der Waals surface area contributed by atoms with Crippen molar-refractivity contribution in [2.45, 2.75) is 47.1 Å². The molecule has 0 saturated carbocycles. The lowest BCUT2D eigenvalue weighted by Gasteiger charge is -2.28. The van der Waals surface area contributed by atoms with Gasteiger partial charge < -0.3 is 9.88 Å². The normalized spacial score (nSPS) is 22.2. The van der Waals surface area contributed by atoms with Gasteiger partial charge in [0.05, 0.1) is 24.2 Å². The third kappa shape index (κ3) is 2.82. The lowest BCUT2D eigenvalue weighted by atomic mass is 9.98. The highest BCUT2D eigenvalue weighted by Crippen LogP contribution is 2.17. The van der Waals surface area contributed by atoms with Crippen molar-refractivity contribution in [3.8, 4) is 0 Å². The quantitative estimate of drug-likeness (QED) is 0.877. The standard InChI is InChI=1S/C19H26N2O/c1-12-6-5-7-21(10-12)11-17-15(4)20-18-14(3)8-13(2)9-16(18)19(17)22/h8-9,12H,5-7,10-11H2,1-4H3,(H,20,22)/p+1. The van der Waals surface area contributed by atoms with Gasteiger partial charge in [0.1, 0.15) is 6.54 Å². The summed E-state index contributed by atoms with van der Waals surface area (Å²) in [5.41, 5.74) is 5.55. The van der Waals surface area contributed by atoms with Gasteiger partial charge in [0.2, 0.25) is 0 Å². The molecular weight excluding hydrogens is 272 g/mol. The lowest BCUT2D eigenvalue weighted by Crippen LogP contribution is -3.12. The number of hydrogen-bond donors (Lipinski definition) is 2. The molecule has 22 heavy (non-hydrogen) atoms. The molecule has 1 aliphatic rings. The highest BCUT2D eigenvalue weighted by atomic mass is 16.1. The molecule has 3 rings (SSSR count). The number of aryl methyl sites for hydroxylation is 3. The Morgan fingerprint density at radius 2 is 2.05 bits per heavy atom. The molecule has 3 nitrogen and oxygen atoms in total. The van der Waals surface area contributed by atoms with Crippen LogP contribution in [0.4, 0.5) is 0 Å². The Labute approximate surface area is 132 Å². The van der Waals surface area contributed by atoms with Crippen LogP contribution >= 0.6 is 0 Å². The molecule has 0 bridgehead atoms. The van der Waals surface area contributed by atoms with Crippen molar-refractivity contribution in [2.24, 2.45) is 5.92 Å². The third-order valence-corrected chi connectivity index (χ3v) is 5.05. The van der Waals surface area contributed by atoms with Crippen LogP contribution in [-0.4, -0.2) is 18.1 Å². The topological polar surface area (TPSA) is 37.3 Å². The van der Waals surface area contributed by atoms with Crippen molar-refractivity contribution in [1.82, 2.24) is 4.98 Å². The summed E-state index contributed by atoms with van der Waals surface area (Å²) in [5.74, 6) is 0.771. The molecule has 1 aromatic heterocycles. The van der Waals surface area contributed by atoms with E-state index in [1.54, 1.807) is 4.90 Å². The molecule has 2 atom stereocenters. The summed E-state index contributed by atoms with van der Waals surface area (Å²) in [4.78, 5) is 18.0. The molecule has 118 valence electrons. The maximum Gasteiger partial charge on any atom is 0.198 e. The zero-order valence-electron chi connectivity index (χ0n) is 14.2. The van der Waals surface area contributed by atoms with Gasteiger partial charge in [-0.25, -0.2) is 0 Å². The number of aromatic nitrogens is 1. The minimum Gasteiger partial charge on any atom is -0.358 e. The number of hydrogen-bond acceptors (Lipinski definition) is 1. The Morgan fingerprint density at radius 1 is 1.27 bits per heavy atom. The number of quaternary nitrogens is 1. The lowest BCUT2D eigenvalue weighted by molar-refractivity contribution is -0.922. The second-order valence-corrected chi connectivity index (χ2v) is 7.19. The van der Waals surface area contributed by atoms with Crippen molar-refractivity contribution >= 4 is 10.9 Å². The SMILES string of the molecule is Cc1cc(C)c2[nH]c(C)c(C[NH+]3CCCC(C)C3)c(=O)c2c1. The zero-order valence-corrected chi connectivity index (χ0v) is 14.2. The van der Waals surface area contributed by atoms with Gasteiger partial charge in [0.15, 0.2) is 5.43 Å². The average Bonchev–Trinajstić information content (AvgIpc) is 2.45. The monoisotopic (exact) mass is 299 g/mol. The Kier molecular flexibility index (Phi) is 4.09. The first-order valence-corrected chi connectivity index (χ1v) is 8.42. The van der Waals surface area contributed by atoms with E-state index in [4.69, 9.17) is 0 Å². The number of aromatic amines is 1. The molecular formula is C19H27N2O+. The molecule has 2 aromatic rings. The largest absolute Gasteiger partial charge is 0.358 e. The van der Waals surface area contributed by atoms with Crippen molar-refractivity contribution < 1.29 is 4.90 Å². The molecule has 1 fully saturated rings. The molecule has 2 heterocycles. The fourth-order valence-electron chi connectivity index (χ4n) is 3.93. The van der Waals surface area contributed by atoms with E-state index in [2.05, 4.69) is 31.8 Å². The van der Waals surface area contributed by atoms with E-state index >= 15 is 0 Å². The number of pyridine rings is 1. The second kappa shape index (κ2) is 5.88. The first-order valence-electron chi connectivity index (χ1n) is 8.42. The Balaban J connectivity index is 2.04. The second-order valence-electron chi connectivity index (χ2n) is 7.19. The molecule has 3 heteroatoms. The zero-order chi connectivity index (χ0) is 15.9. The van der Waals surface area contributed by atoms with Crippen LogP contribution in [0.1, 0.15) is 42.1 Å². The van der Waals surface area contributed by atoms with E-state index in [1.165, 1.54) is 25.9 Å². The summed E-state index contributed by atoms with van der Waals surface area (Å²) in [5, 5.41) is 0.850. The molecule has 0 spiro atoms. The Hall–Kier alpha value is -1.61. The highest BCUT2D eigenvalue weighted by Gasteiger charge is 2.22. The minimum absolute atomic E-state index is 0.226. The maximum absolute atomic E-state index is 13.0. The van der Waals surface area contributed by atoms with Crippen LogP contribution in [0.3, 0.4) is 0 Å². The summed E-state index contributed by atoms with van der Waals surface area (Å²) >= 11 is 0. The van der Waals surface area contributed by atoms with Gasteiger partial charge in [-0.1, -0.05) is 13.0 Å². The summed E-state index contributed by atoms with van der Waals surface area (Å²) in [6, 6.07) is 4.16. The highest BCUT2D eigenvalue weighted by molar-refractivity contribution is 5.83. The van der Waals surface area contributed by atoms with Gasteiger partial charge in [0.25, 0.3) is 0 Å². The third-order valence-electron chi connectivity index (χ3n) is 5.05. The number of rotatable bonds is 2. The van der Waals surface area contributed by atoms with E-state index in [-0.39, 0.29) is 5.43 Å². The van der Waals surface area contributed by atoms with Crippen molar-refractivity contribution in [3.05, 3.63) is 44.7 Å². The molecule has 0 amide bonds.